The first-order valence-electron chi connectivity index (χ1n) is 8.69. The Kier molecular flexibility index (Phi) is 4.45. The first-order valence-corrected chi connectivity index (χ1v) is 9.06. The van der Waals surface area contributed by atoms with Crippen LogP contribution < -0.4 is 4.90 Å². The summed E-state index contributed by atoms with van der Waals surface area (Å²) in [5, 5.41) is 0.763. The molecular weight excluding hydrogens is 332 g/mol. The normalized spacial score (nSPS) is 15.5. The number of nitrogens with one attached hydrogen (secondary N) is 1. The Morgan fingerprint density at radius 1 is 1.04 bits per heavy atom. The number of anilines is 1. The first-order chi connectivity index (χ1) is 12.2. The summed E-state index contributed by atoms with van der Waals surface area (Å²) >= 11 is 6.42. The van der Waals surface area contributed by atoms with Crippen molar-refractivity contribution in [3.8, 4) is 11.1 Å². The van der Waals surface area contributed by atoms with Crippen molar-refractivity contribution in [2.45, 2.75) is 25.7 Å². The van der Waals surface area contributed by atoms with E-state index >= 15 is 0 Å². The summed E-state index contributed by atoms with van der Waals surface area (Å²) in [6.07, 6.45) is 5.83. The molecule has 0 aliphatic carbocycles. The average molecular weight is 353 g/mol. The number of hydrogen-bond acceptors (Lipinski definition) is 3. The largest absolute Gasteiger partial charge is 0.356 e. The molecule has 0 bridgehead atoms. The molecule has 1 aliphatic rings. The lowest BCUT2D eigenvalue weighted by molar-refractivity contribution is 0.493. The highest BCUT2D eigenvalue weighted by molar-refractivity contribution is 6.33. The molecule has 0 unspecified atom stereocenters. The average Bonchev–Trinajstić information content (AvgIpc) is 3.08. The maximum atomic E-state index is 6.42. The molecule has 0 amide bonds. The number of imidazole rings is 1. The van der Waals surface area contributed by atoms with Gasteiger partial charge in [-0.1, -0.05) is 29.8 Å². The van der Waals surface area contributed by atoms with E-state index in [1.165, 1.54) is 11.4 Å². The number of aromatic amines is 1. The Morgan fingerprint density at radius 2 is 1.80 bits per heavy atom. The molecule has 4 rings (SSSR count). The number of piperidine rings is 1. The number of hydrogen-bond donors (Lipinski definition) is 1. The SMILES string of the molecule is Cc1[nH]cnc1C1CCN(c2ncccc2-c2ccccc2Cl)CC1. The topological polar surface area (TPSA) is 44.8 Å². The van der Waals surface area contributed by atoms with Gasteiger partial charge in [0.05, 0.1) is 12.0 Å². The molecule has 5 heteroatoms. The third kappa shape index (κ3) is 3.14. The van der Waals surface area contributed by atoms with Crippen LogP contribution in [0.2, 0.25) is 5.02 Å². The van der Waals surface area contributed by atoms with Crippen LogP contribution in [-0.2, 0) is 0 Å². The van der Waals surface area contributed by atoms with Crippen LogP contribution in [0.3, 0.4) is 0 Å². The van der Waals surface area contributed by atoms with Crippen molar-refractivity contribution >= 4 is 17.4 Å². The van der Waals surface area contributed by atoms with Gasteiger partial charge in [0.1, 0.15) is 5.82 Å². The van der Waals surface area contributed by atoms with E-state index < -0.39 is 0 Å². The Balaban J connectivity index is 1.58. The monoisotopic (exact) mass is 352 g/mol. The molecule has 25 heavy (non-hydrogen) atoms. The first kappa shape index (κ1) is 16.2. The van der Waals surface area contributed by atoms with E-state index in [4.69, 9.17) is 11.6 Å². The van der Waals surface area contributed by atoms with Gasteiger partial charge in [0.15, 0.2) is 0 Å². The van der Waals surface area contributed by atoms with Gasteiger partial charge >= 0.3 is 0 Å². The summed E-state index contributed by atoms with van der Waals surface area (Å²) in [5.41, 5.74) is 4.54. The minimum atomic E-state index is 0.523. The van der Waals surface area contributed by atoms with Crippen molar-refractivity contribution in [3.05, 3.63) is 65.3 Å². The summed E-state index contributed by atoms with van der Waals surface area (Å²) in [4.78, 5) is 14.7. The van der Waals surface area contributed by atoms with Crippen molar-refractivity contribution < 1.29 is 0 Å². The molecule has 1 saturated heterocycles. The van der Waals surface area contributed by atoms with Crippen LogP contribution in [0.15, 0.2) is 48.9 Å². The number of aromatic nitrogens is 3. The van der Waals surface area contributed by atoms with Gasteiger partial charge in [0.25, 0.3) is 0 Å². The molecular formula is C20H21ClN4. The summed E-state index contributed by atoms with van der Waals surface area (Å²) in [6.45, 7) is 4.06. The molecule has 4 nitrogen and oxygen atoms in total. The number of halogens is 1. The fourth-order valence-electron chi connectivity index (χ4n) is 3.68. The second-order valence-electron chi connectivity index (χ2n) is 6.53. The number of rotatable bonds is 3. The minimum absolute atomic E-state index is 0.523. The molecule has 128 valence electrons. The number of aryl methyl sites for hydroxylation is 1. The smallest absolute Gasteiger partial charge is 0.136 e. The summed E-state index contributed by atoms with van der Waals surface area (Å²) in [5.74, 6) is 1.54. The van der Waals surface area contributed by atoms with Crippen molar-refractivity contribution in [2.24, 2.45) is 0 Å². The third-order valence-corrected chi connectivity index (χ3v) is 5.33. The van der Waals surface area contributed by atoms with E-state index in [9.17, 15) is 0 Å². The van der Waals surface area contributed by atoms with Crippen LogP contribution in [0, 0.1) is 6.92 Å². The van der Waals surface area contributed by atoms with Crippen molar-refractivity contribution in [1.29, 1.82) is 0 Å². The molecule has 1 aromatic carbocycles. The second kappa shape index (κ2) is 6.89. The maximum Gasteiger partial charge on any atom is 0.136 e. The van der Waals surface area contributed by atoms with E-state index in [-0.39, 0.29) is 0 Å². The van der Waals surface area contributed by atoms with Crippen LogP contribution in [0.25, 0.3) is 11.1 Å². The molecule has 0 spiro atoms. The molecule has 0 saturated carbocycles. The second-order valence-corrected chi connectivity index (χ2v) is 6.94. The van der Waals surface area contributed by atoms with Crippen molar-refractivity contribution in [3.63, 3.8) is 0 Å². The van der Waals surface area contributed by atoms with E-state index in [0.29, 0.717) is 5.92 Å². The number of pyridine rings is 1. The van der Waals surface area contributed by atoms with Crippen LogP contribution in [0.4, 0.5) is 5.82 Å². The van der Waals surface area contributed by atoms with Gasteiger partial charge in [-0.25, -0.2) is 9.97 Å². The van der Waals surface area contributed by atoms with Gasteiger partial charge < -0.3 is 9.88 Å². The quantitative estimate of drug-likeness (QED) is 0.735. The summed E-state index contributed by atoms with van der Waals surface area (Å²) in [7, 11) is 0. The van der Waals surface area contributed by atoms with Crippen molar-refractivity contribution in [1.82, 2.24) is 15.0 Å². The fraction of sp³-hybridized carbons (Fsp3) is 0.300. The Morgan fingerprint density at radius 3 is 2.52 bits per heavy atom. The predicted octanol–water partition coefficient (Wildman–Crippen LogP) is 4.82. The number of H-pyrrole nitrogens is 1. The Labute approximate surface area is 152 Å². The van der Waals surface area contributed by atoms with Gasteiger partial charge in [-0.2, -0.15) is 0 Å². The van der Waals surface area contributed by atoms with Gasteiger partial charge in [-0.3, -0.25) is 0 Å². The molecule has 3 aromatic rings. The van der Waals surface area contributed by atoms with Crippen LogP contribution in [0.5, 0.6) is 0 Å². The zero-order chi connectivity index (χ0) is 17.2. The maximum absolute atomic E-state index is 6.42. The molecule has 0 atom stereocenters. The predicted molar refractivity (Wildman–Crippen MR) is 102 cm³/mol. The van der Waals surface area contributed by atoms with Crippen LogP contribution >= 0.6 is 11.6 Å². The highest BCUT2D eigenvalue weighted by Gasteiger charge is 2.25. The molecule has 1 fully saturated rings. The lowest BCUT2D eigenvalue weighted by atomic mass is 9.92. The van der Waals surface area contributed by atoms with Gasteiger partial charge in [-0.05, 0) is 38.0 Å². The fourth-order valence-corrected chi connectivity index (χ4v) is 3.92. The van der Waals surface area contributed by atoms with Gasteiger partial charge in [-0.15, -0.1) is 0 Å². The highest BCUT2D eigenvalue weighted by Crippen LogP contribution is 2.36. The zero-order valence-corrected chi connectivity index (χ0v) is 15.0. The third-order valence-electron chi connectivity index (χ3n) is 5.00. The van der Waals surface area contributed by atoms with Gasteiger partial charge in [0.2, 0.25) is 0 Å². The molecule has 1 aliphatic heterocycles. The van der Waals surface area contributed by atoms with E-state index in [0.717, 1.165) is 47.9 Å². The van der Waals surface area contributed by atoms with E-state index in [1.807, 2.05) is 30.5 Å². The Bertz CT molecular complexity index is 865. The zero-order valence-electron chi connectivity index (χ0n) is 14.2. The summed E-state index contributed by atoms with van der Waals surface area (Å²) in [6, 6.07) is 12.0. The number of nitrogens with zero attached hydrogens (tertiary/aromatic N) is 3. The lowest BCUT2D eigenvalue weighted by Gasteiger charge is -2.33. The minimum Gasteiger partial charge on any atom is -0.356 e. The standard InChI is InChI=1S/C20H21ClN4/c1-14-19(24-13-23-14)15-8-11-25(12-9-15)20-17(6-4-10-22-20)16-5-2-3-7-18(16)21/h2-7,10,13,15H,8-9,11-12H2,1H3,(H,23,24). The van der Waals surface area contributed by atoms with Gasteiger partial charge in [0, 0.05) is 47.0 Å². The highest BCUT2D eigenvalue weighted by atomic mass is 35.5. The summed E-state index contributed by atoms with van der Waals surface area (Å²) < 4.78 is 0. The van der Waals surface area contributed by atoms with E-state index in [1.54, 1.807) is 6.33 Å². The van der Waals surface area contributed by atoms with E-state index in [2.05, 4.69) is 38.9 Å². The van der Waals surface area contributed by atoms with Crippen LogP contribution in [-0.4, -0.2) is 28.0 Å². The van der Waals surface area contributed by atoms with Crippen LogP contribution in [0.1, 0.15) is 30.1 Å². The van der Waals surface area contributed by atoms with Crippen molar-refractivity contribution in [2.75, 3.05) is 18.0 Å². The molecule has 3 heterocycles. The molecule has 0 radical (unpaired) electrons. The lowest BCUT2D eigenvalue weighted by Crippen LogP contribution is -2.34. The molecule has 2 aromatic heterocycles. The number of benzene rings is 1. The Hall–Kier alpha value is -2.33. The molecule has 1 N–H and O–H groups in total.